The molecular weight excluding hydrogens is 230 g/mol. The predicted octanol–water partition coefficient (Wildman–Crippen LogP) is 0.936. The first-order valence-electron chi connectivity index (χ1n) is 6.30. The molecule has 2 N–H and O–H groups in total. The van der Waals surface area contributed by atoms with Crippen LogP contribution < -0.4 is 0 Å². The smallest absolute Gasteiger partial charge is 0.162 e. The van der Waals surface area contributed by atoms with Gasteiger partial charge in [0.15, 0.2) is 5.78 Å². The second-order valence-corrected chi connectivity index (χ2v) is 4.18. The molecule has 0 saturated carbocycles. The molecule has 0 fully saturated rings. The van der Waals surface area contributed by atoms with Crippen LogP contribution in [0.4, 0.5) is 0 Å². The van der Waals surface area contributed by atoms with Crippen LogP contribution in [-0.2, 0) is 0 Å². The number of hydrogen-bond donors (Lipinski definition) is 2. The van der Waals surface area contributed by atoms with Crippen LogP contribution in [0.25, 0.3) is 0 Å². The first-order valence-corrected chi connectivity index (χ1v) is 6.30. The molecule has 0 saturated heterocycles. The number of nitrogens with zero attached hydrogens (tertiary/aromatic N) is 1. The highest BCUT2D eigenvalue weighted by Gasteiger charge is 2.07. The van der Waals surface area contributed by atoms with Gasteiger partial charge in [-0.15, -0.1) is 0 Å². The largest absolute Gasteiger partial charge is 0.395 e. The summed E-state index contributed by atoms with van der Waals surface area (Å²) in [5.41, 5.74) is 0.744. The number of carbonyl (C=O) groups excluding carboxylic acids is 1. The lowest BCUT2D eigenvalue weighted by molar-refractivity contribution is 0.0970. The van der Waals surface area contributed by atoms with Gasteiger partial charge in [0.1, 0.15) is 0 Å². The normalized spacial score (nSPS) is 10.8. The minimum absolute atomic E-state index is 0.0760. The van der Waals surface area contributed by atoms with E-state index in [2.05, 4.69) is 0 Å². The van der Waals surface area contributed by atoms with Crippen LogP contribution in [0.5, 0.6) is 0 Å². The van der Waals surface area contributed by atoms with Gasteiger partial charge >= 0.3 is 0 Å². The Balaban J connectivity index is 2.30. The Kier molecular flexibility index (Phi) is 7.25. The number of Topliss-reactive ketones (excluding diaryl/α,β-unsaturated/α-hetero) is 1. The Morgan fingerprint density at radius 3 is 2.17 bits per heavy atom. The maximum Gasteiger partial charge on any atom is 0.162 e. The van der Waals surface area contributed by atoms with Gasteiger partial charge in [-0.3, -0.25) is 9.69 Å². The van der Waals surface area contributed by atoms with Gasteiger partial charge in [0.05, 0.1) is 13.2 Å². The fourth-order valence-electron chi connectivity index (χ4n) is 1.85. The number of hydrogen-bond acceptors (Lipinski definition) is 4. The van der Waals surface area contributed by atoms with E-state index in [9.17, 15) is 4.79 Å². The molecule has 100 valence electrons. The summed E-state index contributed by atoms with van der Waals surface area (Å²) in [4.78, 5) is 13.8. The maximum atomic E-state index is 11.8. The van der Waals surface area contributed by atoms with Crippen LogP contribution in [0, 0.1) is 0 Å². The van der Waals surface area contributed by atoms with Crippen LogP contribution in [0.15, 0.2) is 30.3 Å². The van der Waals surface area contributed by atoms with Crippen LogP contribution in [0.3, 0.4) is 0 Å². The predicted molar refractivity (Wildman–Crippen MR) is 70.6 cm³/mol. The van der Waals surface area contributed by atoms with Crippen LogP contribution in [0.1, 0.15) is 23.2 Å². The van der Waals surface area contributed by atoms with E-state index in [4.69, 9.17) is 10.2 Å². The molecule has 1 aromatic carbocycles. The van der Waals surface area contributed by atoms with E-state index < -0.39 is 0 Å². The Morgan fingerprint density at radius 2 is 1.61 bits per heavy atom. The van der Waals surface area contributed by atoms with Crippen molar-refractivity contribution in [1.29, 1.82) is 0 Å². The van der Waals surface area contributed by atoms with Crippen molar-refractivity contribution in [2.45, 2.75) is 12.8 Å². The minimum Gasteiger partial charge on any atom is -0.395 e. The molecule has 1 rings (SSSR count). The Morgan fingerprint density at radius 1 is 1.00 bits per heavy atom. The number of carbonyl (C=O) groups is 1. The van der Waals surface area contributed by atoms with Gasteiger partial charge in [-0.25, -0.2) is 0 Å². The Hall–Kier alpha value is -1.23. The summed E-state index contributed by atoms with van der Waals surface area (Å²) in [6.07, 6.45) is 1.24. The van der Waals surface area contributed by atoms with Crippen LogP contribution in [-0.4, -0.2) is 53.7 Å². The standard InChI is InChI=1S/C14H21NO3/c16-11-9-15(10-12-17)8-4-7-14(18)13-5-2-1-3-6-13/h1-3,5-6,16-17H,4,7-12H2. The summed E-state index contributed by atoms with van der Waals surface area (Å²) in [5, 5.41) is 17.7. The molecular formula is C14H21NO3. The molecule has 4 nitrogen and oxygen atoms in total. The van der Waals surface area contributed by atoms with Crippen LogP contribution >= 0.6 is 0 Å². The van der Waals surface area contributed by atoms with E-state index in [1.54, 1.807) is 0 Å². The molecule has 0 heterocycles. The van der Waals surface area contributed by atoms with E-state index in [1.165, 1.54) is 0 Å². The van der Waals surface area contributed by atoms with Crippen molar-refractivity contribution in [3.63, 3.8) is 0 Å². The minimum atomic E-state index is 0.0760. The maximum absolute atomic E-state index is 11.8. The number of aliphatic hydroxyl groups is 2. The zero-order chi connectivity index (χ0) is 13.2. The third-order valence-electron chi connectivity index (χ3n) is 2.81. The third-order valence-corrected chi connectivity index (χ3v) is 2.81. The van der Waals surface area contributed by atoms with Crippen molar-refractivity contribution in [2.75, 3.05) is 32.8 Å². The van der Waals surface area contributed by atoms with Crippen molar-refractivity contribution >= 4 is 5.78 Å². The quantitative estimate of drug-likeness (QED) is 0.641. The van der Waals surface area contributed by atoms with Gasteiger partial charge in [0.2, 0.25) is 0 Å². The van der Waals surface area contributed by atoms with E-state index >= 15 is 0 Å². The zero-order valence-electron chi connectivity index (χ0n) is 10.6. The second-order valence-electron chi connectivity index (χ2n) is 4.18. The zero-order valence-corrected chi connectivity index (χ0v) is 10.6. The van der Waals surface area contributed by atoms with Crippen molar-refractivity contribution in [3.05, 3.63) is 35.9 Å². The van der Waals surface area contributed by atoms with Crippen molar-refractivity contribution in [2.24, 2.45) is 0 Å². The first kappa shape index (κ1) is 14.8. The Labute approximate surface area is 108 Å². The SMILES string of the molecule is O=C(CCCN(CCO)CCO)c1ccccc1. The van der Waals surface area contributed by atoms with Crippen LogP contribution in [0.2, 0.25) is 0 Å². The topological polar surface area (TPSA) is 60.8 Å². The summed E-state index contributed by atoms with van der Waals surface area (Å²) in [6, 6.07) is 9.25. The van der Waals surface area contributed by atoms with E-state index in [0.29, 0.717) is 19.5 Å². The third kappa shape index (κ3) is 5.40. The molecule has 1 aromatic rings. The van der Waals surface area contributed by atoms with Gasteiger partial charge < -0.3 is 10.2 Å². The molecule has 0 bridgehead atoms. The molecule has 0 aliphatic heterocycles. The highest BCUT2D eigenvalue weighted by atomic mass is 16.3. The summed E-state index contributed by atoms with van der Waals surface area (Å²) in [6.45, 7) is 1.96. The van der Waals surface area contributed by atoms with Gasteiger partial charge in [-0.05, 0) is 13.0 Å². The lowest BCUT2D eigenvalue weighted by Gasteiger charge is -2.19. The Bertz CT molecular complexity index is 334. The molecule has 0 aliphatic rings. The second kappa shape index (κ2) is 8.80. The molecule has 18 heavy (non-hydrogen) atoms. The van der Waals surface area contributed by atoms with Gasteiger partial charge in [0, 0.05) is 25.1 Å². The number of rotatable bonds is 9. The van der Waals surface area contributed by atoms with Gasteiger partial charge in [-0.2, -0.15) is 0 Å². The highest BCUT2D eigenvalue weighted by Crippen LogP contribution is 2.05. The summed E-state index contributed by atoms with van der Waals surface area (Å²) in [7, 11) is 0. The summed E-state index contributed by atoms with van der Waals surface area (Å²) < 4.78 is 0. The molecule has 4 heteroatoms. The summed E-state index contributed by atoms with van der Waals surface area (Å²) >= 11 is 0. The fourth-order valence-corrected chi connectivity index (χ4v) is 1.85. The highest BCUT2D eigenvalue weighted by molar-refractivity contribution is 5.95. The number of aliphatic hydroxyl groups excluding tert-OH is 2. The van der Waals surface area contributed by atoms with Crippen molar-refractivity contribution in [3.8, 4) is 0 Å². The molecule has 0 unspecified atom stereocenters. The average Bonchev–Trinajstić information content (AvgIpc) is 2.40. The van der Waals surface area contributed by atoms with Crippen molar-refractivity contribution < 1.29 is 15.0 Å². The molecule has 0 aromatic heterocycles. The lowest BCUT2D eigenvalue weighted by atomic mass is 10.1. The molecule has 0 aliphatic carbocycles. The molecule has 0 radical (unpaired) electrons. The molecule has 0 amide bonds. The number of ketones is 1. The number of benzene rings is 1. The van der Waals surface area contributed by atoms with Crippen molar-refractivity contribution in [1.82, 2.24) is 4.90 Å². The average molecular weight is 251 g/mol. The fraction of sp³-hybridized carbons (Fsp3) is 0.500. The molecule has 0 spiro atoms. The molecule has 0 atom stereocenters. The monoisotopic (exact) mass is 251 g/mol. The van der Waals surface area contributed by atoms with E-state index in [-0.39, 0.29) is 19.0 Å². The van der Waals surface area contributed by atoms with E-state index in [1.807, 2.05) is 35.2 Å². The summed E-state index contributed by atoms with van der Waals surface area (Å²) in [5.74, 6) is 0.142. The first-order chi connectivity index (χ1) is 8.77. The van der Waals surface area contributed by atoms with E-state index in [0.717, 1.165) is 18.5 Å². The van der Waals surface area contributed by atoms with Gasteiger partial charge in [0.25, 0.3) is 0 Å². The lowest BCUT2D eigenvalue weighted by Crippen LogP contribution is -2.31. The van der Waals surface area contributed by atoms with Gasteiger partial charge in [-0.1, -0.05) is 30.3 Å².